The lowest BCUT2D eigenvalue weighted by Crippen LogP contribution is -2.52. The standard InChI is InChI=1S/C19H30N2/c1-18(2,3)16-10-12-21(13-16)19(14-20)11-6-8-15-7-4-5-9-17(15)19/h4-5,7,9,16H,6,8,10-14,20H2,1-3H3. The average Bonchev–Trinajstić information content (AvgIpc) is 2.97. The van der Waals surface area contributed by atoms with Gasteiger partial charge in [-0.25, -0.2) is 0 Å². The molecule has 0 spiro atoms. The van der Waals surface area contributed by atoms with Crippen molar-refractivity contribution in [2.24, 2.45) is 17.1 Å². The summed E-state index contributed by atoms with van der Waals surface area (Å²) >= 11 is 0. The summed E-state index contributed by atoms with van der Waals surface area (Å²) < 4.78 is 0. The number of hydrogen-bond acceptors (Lipinski definition) is 2. The Kier molecular flexibility index (Phi) is 3.87. The average molecular weight is 286 g/mol. The van der Waals surface area contributed by atoms with Crippen molar-refractivity contribution in [2.75, 3.05) is 19.6 Å². The van der Waals surface area contributed by atoms with Gasteiger partial charge in [0.05, 0.1) is 5.54 Å². The summed E-state index contributed by atoms with van der Waals surface area (Å²) in [5.74, 6) is 0.787. The fourth-order valence-corrected chi connectivity index (χ4v) is 4.42. The number of rotatable bonds is 2. The van der Waals surface area contributed by atoms with Crippen molar-refractivity contribution in [3.05, 3.63) is 35.4 Å². The van der Waals surface area contributed by atoms with Crippen LogP contribution in [0.4, 0.5) is 0 Å². The molecule has 0 saturated carbocycles. The quantitative estimate of drug-likeness (QED) is 0.901. The highest BCUT2D eigenvalue weighted by Gasteiger charge is 2.45. The molecule has 2 nitrogen and oxygen atoms in total. The van der Waals surface area contributed by atoms with Crippen LogP contribution in [-0.4, -0.2) is 24.5 Å². The molecule has 1 aliphatic heterocycles. The predicted molar refractivity (Wildman–Crippen MR) is 89.2 cm³/mol. The molecule has 2 unspecified atom stereocenters. The van der Waals surface area contributed by atoms with Gasteiger partial charge in [0.2, 0.25) is 0 Å². The highest BCUT2D eigenvalue weighted by atomic mass is 15.2. The molecule has 1 heterocycles. The Morgan fingerprint density at radius 2 is 2.05 bits per heavy atom. The molecule has 2 atom stereocenters. The lowest BCUT2D eigenvalue weighted by atomic mass is 9.75. The van der Waals surface area contributed by atoms with Crippen LogP contribution in [0.25, 0.3) is 0 Å². The molecule has 0 aromatic heterocycles. The maximum Gasteiger partial charge on any atom is 0.0586 e. The van der Waals surface area contributed by atoms with E-state index in [0.29, 0.717) is 5.41 Å². The fourth-order valence-electron chi connectivity index (χ4n) is 4.42. The van der Waals surface area contributed by atoms with Gasteiger partial charge in [-0.1, -0.05) is 45.0 Å². The molecule has 1 aromatic carbocycles. The van der Waals surface area contributed by atoms with Crippen molar-refractivity contribution < 1.29 is 0 Å². The minimum Gasteiger partial charge on any atom is -0.328 e. The first-order valence-electron chi connectivity index (χ1n) is 8.51. The summed E-state index contributed by atoms with van der Waals surface area (Å²) in [6.45, 7) is 10.3. The molecule has 1 saturated heterocycles. The van der Waals surface area contributed by atoms with Gasteiger partial charge in [-0.2, -0.15) is 0 Å². The minimum absolute atomic E-state index is 0.0921. The molecule has 0 amide bonds. The molecule has 2 N–H and O–H groups in total. The van der Waals surface area contributed by atoms with Crippen molar-refractivity contribution in [3.63, 3.8) is 0 Å². The molecule has 0 bridgehead atoms. The van der Waals surface area contributed by atoms with Crippen LogP contribution in [0.15, 0.2) is 24.3 Å². The van der Waals surface area contributed by atoms with Gasteiger partial charge in [-0.05, 0) is 54.7 Å². The minimum atomic E-state index is 0.0921. The van der Waals surface area contributed by atoms with Gasteiger partial charge >= 0.3 is 0 Å². The second kappa shape index (κ2) is 5.40. The summed E-state index contributed by atoms with van der Waals surface area (Å²) in [6, 6.07) is 8.99. The van der Waals surface area contributed by atoms with E-state index >= 15 is 0 Å². The first-order valence-corrected chi connectivity index (χ1v) is 8.51. The Balaban J connectivity index is 1.93. The van der Waals surface area contributed by atoms with Crippen LogP contribution in [-0.2, 0) is 12.0 Å². The molecule has 116 valence electrons. The van der Waals surface area contributed by atoms with Crippen LogP contribution in [0.1, 0.15) is 51.2 Å². The van der Waals surface area contributed by atoms with E-state index in [2.05, 4.69) is 49.9 Å². The number of nitrogens with zero attached hydrogens (tertiary/aromatic N) is 1. The topological polar surface area (TPSA) is 29.3 Å². The predicted octanol–water partition coefficient (Wildman–Crippen LogP) is 3.54. The third-order valence-electron chi connectivity index (χ3n) is 5.91. The van der Waals surface area contributed by atoms with Crippen LogP contribution in [0, 0.1) is 11.3 Å². The van der Waals surface area contributed by atoms with E-state index in [4.69, 9.17) is 5.73 Å². The molecule has 1 aromatic rings. The van der Waals surface area contributed by atoms with E-state index in [0.717, 1.165) is 12.5 Å². The molecular formula is C19H30N2. The normalized spacial score (nSPS) is 30.4. The Morgan fingerprint density at radius 3 is 2.71 bits per heavy atom. The van der Waals surface area contributed by atoms with E-state index in [9.17, 15) is 0 Å². The summed E-state index contributed by atoms with van der Waals surface area (Å²) in [7, 11) is 0. The van der Waals surface area contributed by atoms with Gasteiger partial charge in [0.25, 0.3) is 0 Å². The molecule has 2 heteroatoms. The van der Waals surface area contributed by atoms with E-state index < -0.39 is 0 Å². The summed E-state index contributed by atoms with van der Waals surface area (Å²) in [5.41, 5.74) is 9.87. The molecule has 1 fully saturated rings. The fraction of sp³-hybridized carbons (Fsp3) is 0.684. The van der Waals surface area contributed by atoms with Crippen molar-refractivity contribution in [3.8, 4) is 0 Å². The third kappa shape index (κ3) is 2.53. The van der Waals surface area contributed by atoms with Gasteiger partial charge in [-0.3, -0.25) is 4.90 Å². The smallest absolute Gasteiger partial charge is 0.0586 e. The van der Waals surface area contributed by atoms with Gasteiger partial charge in [0, 0.05) is 13.1 Å². The Hall–Kier alpha value is -0.860. The zero-order valence-electron chi connectivity index (χ0n) is 13.9. The largest absolute Gasteiger partial charge is 0.328 e. The molecule has 1 aliphatic carbocycles. The van der Waals surface area contributed by atoms with Gasteiger partial charge in [0.15, 0.2) is 0 Å². The number of aryl methyl sites for hydroxylation is 1. The van der Waals surface area contributed by atoms with E-state index in [1.807, 2.05) is 0 Å². The van der Waals surface area contributed by atoms with Crippen LogP contribution >= 0.6 is 0 Å². The van der Waals surface area contributed by atoms with Crippen LogP contribution in [0.5, 0.6) is 0 Å². The Morgan fingerprint density at radius 1 is 1.29 bits per heavy atom. The van der Waals surface area contributed by atoms with Gasteiger partial charge in [0.1, 0.15) is 0 Å². The number of likely N-dealkylation sites (tertiary alicyclic amines) is 1. The Labute approximate surface area is 129 Å². The number of nitrogens with two attached hydrogens (primary N) is 1. The van der Waals surface area contributed by atoms with Gasteiger partial charge in [-0.15, -0.1) is 0 Å². The molecule has 0 radical (unpaired) electrons. The lowest BCUT2D eigenvalue weighted by molar-refractivity contribution is 0.0877. The first-order chi connectivity index (χ1) is 9.97. The highest BCUT2D eigenvalue weighted by molar-refractivity contribution is 5.37. The second-order valence-electron chi connectivity index (χ2n) is 8.04. The molecule has 2 aliphatic rings. The monoisotopic (exact) mass is 286 g/mol. The zero-order valence-corrected chi connectivity index (χ0v) is 13.9. The first kappa shape index (κ1) is 15.1. The van der Waals surface area contributed by atoms with Crippen molar-refractivity contribution in [1.82, 2.24) is 4.90 Å². The SMILES string of the molecule is CC(C)(C)C1CCN(C2(CN)CCCc3ccccc32)C1. The van der Waals surface area contributed by atoms with E-state index in [-0.39, 0.29) is 5.54 Å². The Bertz CT molecular complexity index is 503. The third-order valence-corrected chi connectivity index (χ3v) is 5.91. The zero-order chi connectivity index (χ0) is 15.1. The number of benzene rings is 1. The molecule has 3 rings (SSSR count). The van der Waals surface area contributed by atoms with Crippen molar-refractivity contribution in [2.45, 2.75) is 52.0 Å². The highest BCUT2D eigenvalue weighted by Crippen LogP contribution is 2.44. The van der Waals surface area contributed by atoms with Crippen molar-refractivity contribution in [1.29, 1.82) is 0 Å². The number of fused-ring (bicyclic) bond motifs is 1. The van der Waals surface area contributed by atoms with Crippen LogP contribution < -0.4 is 5.73 Å². The molecule has 21 heavy (non-hydrogen) atoms. The lowest BCUT2D eigenvalue weighted by Gasteiger charge is -2.46. The summed E-state index contributed by atoms with van der Waals surface area (Å²) in [5, 5.41) is 0. The van der Waals surface area contributed by atoms with Crippen LogP contribution in [0.3, 0.4) is 0 Å². The second-order valence-corrected chi connectivity index (χ2v) is 8.04. The maximum absolute atomic E-state index is 6.35. The van der Waals surface area contributed by atoms with Gasteiger partial charge < -0.3 is 5.73 Å². The summed E-state index contributed by atoms with van der Waals surface area (Å²) in [6.07, 6.45) is 5.02. The molecular weight excluding hydrogens is 256 g/mol. The maximum atomic E-state index is 6.35. The van der Waals surface area contributed by atoms with E-state index in [1.165, 1.54) is 49.9 Å². The number of hydrogen-bond donors (Lipinski definition) is 1. The summed E-state index contributed by atoms with van der Waals surface area (Å²) in [4.78, 5) is 2.71. The van der Waals surface area contributed by atoms with Crippen LogP contribution in [0.2, 0.25) is 0 Å². The van der Waals surface area contributed by atoms with Crippen molar-refractivity contribution >= 4 is 0 Å². The van der Waals surface area contributed by atoms with E-state index in [1.54, 1.807) is 0 Å².